The van der Waals surface area contributed by atoms with Crippen molar-refractivity contribution in [3.8, 4) is 0 Å². The molecule has 1 aromatic heterocycles. The number of nitrogens with one attached hydrogen (secondary N) is 1. The molecule has 0 saturated carbocycles. The predicted octanol–water partition coefficient (Wildman–Crippen LogP) is 0.522. The summed E-state index contributed by atoms with van der Waals surface area (Å²) in [5.74, 6) is 0. The lowest BCUT2D eigenvalue weighted by Gasteiger charge is -2.15. The number of aliphatic hydroxyl groups excluding tert-OH is 1. The van der Waals surface area contributed by atoms with Crippen molar-refractivity contribution in [1.82, 2.24) is 9.55 Å². The fourth-order valence-electron chi connectivity index (χ4n) is 1.87. The Balaban J connectivity index is 2.39. The van der Waals surface area contributed by atoms with Gasteiger partial charge in [-0.2, -0.15) is 0 Å². The molecule has 6 nitrogen and oxygen atoms in total. The van der Waals surface area contributed by atoms with E-state index in [9.17, 15) is 14.0 Å². The van der Waals surface area contributed by atoms with E-state index in [1.807, 2.05) is 0 Å². The lowest BCUT2D eigenvalue weighted by Crippen LogP contribution is -2.34. The van der Waals surface area contributed by atoms with Gasteiger partial charge in [0.25, 0.3) is 5.56 Å². The summed E-state index contributed by atoms with van der Waals surface area (Å²) in [5, 5.41) is 8.92. The van der Waals surface area contributed by atoms with Crippen molar-refractivity contribution in [2.45, 2.75) is 18.3 Å². The maximum Gasteiger partial charge on any atom is 0.330 e. The van der Waals surface area contributed by atoms with Crippen molar-refractivity contribution in [3.05, 3.63) is 37.6 Å². The van der Waals surface area contributed by atoms with Gasteiger partial charge in [-0.15, -0.1) is 0 Å². The van der Waals surface area contributed by atoms with Crippen molar-refractivity contribution in [1.29, 1.82) is 0 Å². The summed E-state index contributed by atoms with van der Waals surface area (Å²) in [6.07, 6.45) is 1.77. The molecule has 0 amide bonds. The molecule has 19 heavy (non-hydrogen) atoms. The van der Waals surface area contributed by atoms with Gasteiger partial charge in [0.2, 0.25) is 0 Å². The van der Waals surface area contributed by atoms with Crippen molar-refractivity contribution >= 4 is 22.0 Å². The van der Waals surface area contributed by atoms with Gasteiger partial charge in [0.05, 0.1) is 18.8 Å². The molecule has 1 aliphatic rings. The molecule has 8 heteroatoms. The normalized spacial score (nSPS) is 27.2. The van der Waals surface area contributed by atoms with Crippen molar-refractivity contribution < 1.29 is 14.2 Å². The molecule has 104 valence electrons. The topological polar surface area (TPSA) is 84.3 Å². The molecule has 0 unspecified atom stereocenters. The first-order chi connectivity index (χ1) is 8.99. The van der Waals surface area contributed by atoms with Gasteiger partial charge in [-0.05, 0) is 11.1 Å². The molecule has 0 radical (unpaired) electrons. The highest BCUT2D eigenvalue weighted by atomic mass is 79.9. The molecule has 2 heterocycles. The number of aromatic amines is 1. The number of H-pyrrole nitrogens is 1. The summed E-state index contributed by atoms with van der Waals surface area (Å²) < 4.78 is 20.1. The number of hydrogen-bond acceptors (Lipinski definition) is 4. The second kappa shape index (κ2) is 5.40. The van der Waals surface area contributed by atoms with Gasteiger partial charge in [0, 0.05) is 12.6 Å². The molecule has 2 atom stereocenters. The first-order valence-electron chi connectivity index (χ1n) is 5.53. The molecule has 1 aliphatic heterocycles. The van der Waals surface area contributed by atoms with Crippen LogP contribution in [0.5, 0.6) is 0 Å². The molecule has 1 fully saturated rings. The number of aromatic nitrogens is 2. The highest BCUT2D eigenvalue weighted by Gasteiger charge is 2.41. The molecule has 1 aromatic rings. The van der Waals surface area contributed by atoms with Gasteiger partial charge in [-0.1, -0.05) is 15.9 Å². The Morgan fingerprint density at radius 1 is 1.68 bits per heavy atom. The number of aliphatic hydroxyl groups is 1. The van der Waals surface area contributed by atoms with E-state index in [0.29, 0.717) is 0 Å². The van der Waals surface area contributed by atoms with Crippen LogP contribution in [0.4, 0.5) is 4.39 Å². The predicted molar refractivity (Wildman–Crippen MR) is 69.8 cm³/mol. The number of halogens is 2. The Morgan fingerprint density at radius 3 is 3.00 bits per heavy atom. The highest BCUT2D eigenvalue weighted by molar-refractivity contribution is 9.11. The minimum Gasteiger partial charge on any atom is -0.393 e. The zero-order chi connectivity index (χ0) is 14.0. The van der Waals surface area contributed by atoms with Crippen molar-refractivity contribution in [2.75, 3.05) is 13.2 Å². The molecule has 2 rings (SSSR count). The molecule has 0 bridgehead atoms. The highest BCUT2D eigenvalue weighted by Crippen LogP contribution is 2.33. The van der Waals surface area contributed by atoms with Gasteiger partial charge in [0.15, 0.2) is 5.67 Å². The zero-order valence-corrected chi connectivity index (χ0v) is 11.4. The van der Waals surface area contributed by atoms with Crippen LogP contribution in [-0.2, 0) is 4.74 Å². The van der Waals surface area contributed by atoms with Crippen molar-refractivity contribution in [2.24, 2.45) is 0 Å². The van der Waals surface area contributed by atoms with Gasteiger partial charge in [-0.25, -0.2) is 9.18 Å². The number of rotatable bonds is 3. The molecular formula is C11H12BrFN2O4. The minimum absolute atomic E-state index is 0.146. The van der Waals surface area contributed by atoms with E-state index in [0.717, 1.165) is 4.57 Å². The van der Waals surface area contributed by atoms with Gasteiger partial charge in [0.1, 0.15) is 6.23 Å². The first-order valence-corrected chi connectivity index (χ1v) is 6.44. The van der Waals surface area contributed by atoms with Crippen LogP contribution in [0.25, 0.3) is 6.08 Å². The maximum absolute atomic E-state index is 13.9. The van der Waals surface area contributed by atoms with E-state index in [4.69, 9.17) is 9.84 Å². The fraction of sp³-hybridized carbons (Fsp3) is 0.455. The standard InChI is InChI=1S/C11H12BrFN2O4/c12-2-1-7-4-15(10(18)14-9(7)17)8-3-11(13,5-16)6-19-8/h1-2,4,8,16H,3,5-6H2,(H,14,17,18)/b2-1+/t8-,11+/m1/s1. The first kappa shape index (κ1) is 14.2. The van der Waals surface area contributed by atoms with E-state index in [1.165, 1.54) is 17.3 Å². The average molecular weight is 335 g/mol. The Morgan fingerprint density at radius 2 is 2.42 bits per heavy atom. The fourth-order valence-corrected chi connectivity index (χ4v) is 2.15. The van der Waals surface area contributed by atoms with E-state index in [1.54, 1.807) is 0 Å². The average Bonchev–Trinajstić information content (AvgIpc) is 2.76. The van der Waals surface area contributed by atoms with Crippen LogP contribution in [0.1, 0.15) is 18.2 Å². The third-order valence-electron chi connectivity index (χ3n) is 2.91. The third-order valence-corrected chi connectivity index (χ3v) is 3.17. The maximum atomic E-state index is 13.9. The summed E-state index contributed by atoms with van der Waals surface area (Å²) in [6, 6.07) is 0. The monoisotopic (exact) mass is 334 g/mol. The number of alkyl halides is 1. The van der Waals surface area contributed by atoms with Crippen LogP contribution in [0.3, 0.4) is 0 Å². The Bertz CT molecular complexity index is 611. The van der Waals surface area contributed by atoms with Crippen LogP contribution in [0.15, 0.2) is 20.8 Å². The molecular weight excluding hydrogens is 323 g/mol. The summed E-state index contributed by atoms with van der Waals surface area (Å²) in [5.41, 5.74) is -2.83. The smallest absolute Gasteiger partial charge is 0.330 e. The molecule has 0 aliphatic carbocycles. The van der Waals surface area contributed by atoms with E-state index < -0.39 is 29.8 Å². The van der Waals surface area contributed by atoms with Crippen LogP contribution in [-0.4, -0.2) is 33.5 Å². The lowest BCUT2D eigenvalue weighted by molar-refractivity contribution is 0.0272. The largest absolute Gasteiger partial charge is 0.393 e. The van der Waals surface area contributed by atoms with Crippen LogP contribution >= 0.6 is 15.9 Å². The zero-order valence-electron chi connectivity index (χ0n) is 9.81. The van der Waals surface area contributed by atoms with E-state index in [-0.39, 0.29) is 18.6 Å². The Kier molecular flexibility index (Phi) is 4.02. The van der Waals surface area contributed by atoms with Crippen LogP contribution in [0.2, 0.25) is 0 Å². The van der Waals surface area contributed by atoms with Gasteiger partial charge < -0.3 is 9.84 Å². The van der Waals surface area contributed by atoms with Crippen molar-refractivity contribution in [3.63, 3.8) is 0 Å². The summed E-state index contributed by atoms with van der Waals surface area (Å²) in [4.78, 5) is 26.8. The Hall–Kier alpha value is -1.25. The second-order valence-electron chi connectivity index (χ2n) is 4.32. The summed E-state index contributed by atoms with van der Waals surface area (Å²) in [7, 11) is 0. The summed E-state index contributed by atoms with van der Waals surface area (Å²) in [6.45, 7) is -0.959. The summed E-state index contributed by atoms with van der Waals surface area (Å²) >= 11 is 3.03. The SMILES string of the molecule is O=c1[nH]c(=O)n([C@H]2C[C@](F)(CO)CO2)cc1/C=C/Br. The molecule has 1 saturated heterocycles. The lowest BCUT2D eigenvalue weighted by atomic mass is 10.1. The van der Waals surface area contributed by atoms with E-state index >= 15 is 0 Å². The molecule has 0 aromatic carbocycles. The van der Waals surface area contributed by atoms with E-state index in [2.05, 4.69) is 20.9 Å². The number of hydrogen-bond donors (Lipinski definition) is 2. The number of nitrogens with zero attached hydrogens (tertiary/aromatic N) is 1. The number of ether oxygens (including phenoxy) is 1. The third kappa shape index (κ3) is 2.85. The van der Waals surface area contributed by atoms with Crippen LogP contribution in [0, 0.1) is 0 Å². The second-order valence-corrected chi connectivity index (χ2v) is 4.85. The van der Waals surface area contributed by atoms with Gasteiger partial charge in [-0.3, -0.25) is 14.3 Å². The Labute approximate surface area is 115 Å². The minimum atomic E-state index is -1.86. The van der Waals surface area contributed by atoms with Gasteiger partial charge >= 0.3 is 5.69 Å². The van der Waals surface area contributed by atoms with Crippen LogP contribution < -0.4 is 11.2 Å². The molecule has 2 N–H and O–H groups in total. The molecule has 0 spiro atoms. The quantitative estimate of drug-likeness (QED) is 0.844.